The molecule has 0 unspecified atom stereocenters. The molecule has 0 saturated heterocycles. The number of hydrogen-bond acceptors (Lipinski definition) is 5. The Labute approximate surface area is 142 Å². The SMILES string of the molecule is Cc1nc(COc2ccc(C(=O)N(C)[C@H](C)CC(C)C)cc2)no1. The Bertz CT molecular complexity index is 664. The molecule has 0 saturated carbocycles. The van der Waals surface area contributed by atoms with Crippen LogP contribution >= 0.6 is 0 Å². The van der Waals surface area contributed by atoms with Crippen molar-refractivity contribution < 1.29 is 14.1 Å². The standard InChI is InChI=1S/C18H25N3O3/c1-12(2)10-13(3)21(5)18(22)15-6-8-16(9-7-15)23-11-17-19-14(4)24-20-17/h6-9,12-13H,10-11H2,1-5H3/t13-/m1/s1. The highest BCUT2D eigenvalue weighted by Gasteiger charge is 2.18. The first-order valence-corrected chi connectivity index (χ1v) is 8.16. The molecular formula is C18H25N3O3. The highest BCUT2D eigenvalue weighted by atomic mass is 16.5. The largest absolute Gasteiger partial charge is 0.485 e. The zero-order valence-corrected chi connectivity index (χ0v) is 14.9. The van der Waals surface area contributed by atoms with Crippen molar-refractivity contribution in [3.63, 3.8) is 0 Å². The fourth-order valence-corrected chi connectivity index (χ4v) is 2.49. The van der Waals surface area contributed by atoms with Crippen LogP contribution in [0.15, 0.2) is 28.8 Å². The Morgan fingerprint density at radius 2 is 1.92 bits per heavy atom. The van der Waals surface area contributed by atoms with Crippen LogP contribution in [0.2, 0.25) is 0 Å². The zero-order chi connectivity index (χ0) is 17.7. The average molecular weight is 331 g/mol. The quantitative estimate of drug-likeness (QED) is 0.777. The molecule has 1 heterocycles. The van der Waals surface area contributed by atoms with Crippen molar-refractivity contribution >= 4 is 5.91 Å². The van der Waals surface area contributed by atoms with Crippen molar-refractivity contribution in [3.05, 3.63) is 41.5 Å². The smallest absolute Gasteiger partial charge is 0.253 e. The monoisotopic (exact) mass is 331 g/mol. The van der Waals surface area contributed by atoms with Crippen LogP contribution in [0.3, 0.4) is 0 Å². The Balaban J connectivity index is 1.94. The Morgan fingerprint density at radius 3 is 2.46 bits per heavy atom. The molecule has 0 spiro atoms. The lowest BCUT2D eigenvalue weighted by Gasteiger charge is -2.26. The van der Waals surface area contributed by atoms with Crippen LogP contribution in [0.5, 0.6) is 5.75 Å². The van der Waals surface area contributed by atoms with Crippen molar-refractivity contribution in [2.75, 3.05) is 7.05 Å². The van der Waals surface area contributed by atoms with Crippen molar-refractivity contribution in [2.24, 2.45) is 5.92 Å². The van der Waals surface area contributed by atoms with Gasteiger partial charge in [0.2, 0.25) is 11.7 Å². The van der Waals surface area contributed by atoms with E-state index in [2.05, 4.69) is 30.9 Å². The molecule has 2 aromatic rings. The second-order valence-electron chi connectivity index (χ2n) is 6.44. The summed E-state index contributed by atoms with van der Waals surface area (Å²) in [6.45, 7) is 8.35. The van der Waals surface area contributed by atoms with Crippen LogP contribution < -0.4 is 4.74 Å². The molecule has 0 aliphatic heterocycles. The predicted octanol–water partition coefficient (Wildman–Crippen LogP) is 3.46. The van der Waals surface area contributed by atoms with Crippen molar-refractivity contribution in [3.8, 4) is 5.75 Å². The minimum atomic E-state index is 0.0171. The van der Waals surface area contributed by atoms with Gasteiger partial charge >= 0.3 is 0 Å². The fraction of sp³-hybridized carbons (Fsp3) is 0.500. The minimum Gasteiger partial charge on any atom is -0.485 e. The van der Waals surface area contributed by atoms with Gasteiger partial charge in [-0.3, -0.25) is 4.79 Å². The molecule has 0 bridgehead atoms. The van der Waals surface area contributed by atoms with Crippen LogP contribution in [0.25, 0.3) is 0 Å². The maximum atomic E-state index is 12.5. The molecule has 6 nitrogen and oxygen atoms in total. The van der Waals surface area contributed by atoms with E-state index in [0.29, 0.717) is 28.9 Å². The van der Waals surface area contributed by atoms with E-state index in [9.17, 15) is 4.79 Å². The van der Waals surface area contributed by atoms with Gasteiger partial charge in [-0.25, -0.2) is 0 Å². The third-order valence-corrected chi connectivity index (χ3v) is 3.83. The number of rotatable bonds is 7. The topological polar surface area (TPSA) is 68.5 Å². The van der Waals surface area contributed by atoms with Gasteiger partial charge in [-0.1, -0.05) is 19.0 Å². The van der Waals surface area contributed by atoms with Gasteiger partial charge in [0.05, 0.1) is 0 Å². The van der Waals surface area contributed by atoms with Gasteiger partial charge in [0.15, 0.2) is 6.61 Å². The van der Waals surface area contributed by atoms with E-state index in [-0.39, 0.29) is 18.6 Å². The molecule has 0 fully saturated rings. The summed E-state index contributed by atoms with van der Waals surface area (Å²) in [7, 11) is 1.85. The maximum Gasteiger partial charge on any atom is 0.253 e. The molecule has 1 aromatic carbocycles. The van der Waals surface area contributed by atoms with E-state index in [0.717, 1.165) is 6.42 Å². The first-order chi connectivity index (χ1) is 11.4. The second-order valence-corrected chi connectivity index (χ2v) is 6.44. The molecule has 0 radical (unpaired) electrons. The summed E-state index contributed by atoms with van der Waals surface area (Å²) in [5.41, 5.74) is 0.649. The summed E-state index contributed by atoms with van der Waals surface area (Å²) in [4.78, 5) is 18.4. The maximum absolute atomic E-state index is 12.5. The minimum absolute atomic E-state index is 0.0171. The van der Waals surface area contributed by atoms with E-state index >= 15 is 0 Å². The van der Waals surface area contributed by atoms with Crippen molar-refractivity contribution in [1.82, 2.24) is 15.0 Å². The average Bonchev–Trinajstić information content (AvgIpc) is 2.97. The number of benzene rings is 1. The summed E-state index contributed by atoms with van der Waals surface area (Å²) in [5, 5.41) is 3.77. The summed E-state index contributed by atoms with van der Waals surface area (Å²) in [5.74, 6) is 2.23. The summed E-state index contributed by atoms with van der Waals surface area (Å²) in [6, 6.07) is 7.31. The first kappa shape index (κ1) is 18.0. The van der Waals surface area contributed by atoms with Gasteiger partial charge < -0.3 is 14.2 Å². The number of amides is 1. The van der Waals surface area contributed by atoms with E-state index in [1.807, 2.05) is 7.05 Å². The summed E-state index contributed by atoms with van der Waals surface area (Å²) < 4.78 is 10.5. The lowest BCUT2D eigenvalue weighted by Crippen LogP contribution is -2.35. The zero-order valence-electron chi connectivity index (χ0n) is 14.9. The molecule has 0 N–H and O–H groups in total. The number of nitrogens with zero attached hydrogens (tertiary/aromatic N) is 3. The highest BCUT2D eigenvalue weighted by Crippen LogP contribution is 2.17. The molecule has 1 aromatic heterocycles. The fourth-order valence-electron chi connectivity index (χ4n) is 2.49. The molecule has 130 valence electrons. The van der Waals surface area contributed by atoms with Crippen LogP contribution in [-0.2, 0) is 6.61 Å². The predicted molar refractivity (Wildman–Crippen MR) is 90.8 cm³/mol. The Hall–Kier alpha value is -2.37. The van der Waals surface area contributed by atoms with Crippen LogP contribution in [0.1, 0.15) is 49.3 Å². The highest BCUT2D eigenvalue weighted by molar-refractivity contribution is 5.94. The van der Waals surface area contributed by atoms with Crippen LogP contribution in [0.4, 0.5) is 0 Å². The Kier molecular flexibility index (Phi) is 5.95. The van der Waals surface area contributed by atoms with Crippen LogP contribution in [-0.4, -0.2) is 34.0 Å². The van der Waals surface area contributed by atoms with E-state index < -0.39 is 0 Å². The van der Waals surface area contributed by atoms with Gasteiger partial charge in [-0.2, -0.15) is 4.98 Å². The molecular weight excluding hydrogens is 306 g/mol. The summed E-state index contributed by atoms with van der Waals surface area (Å²) >= 11 is 0. The molecule has 6 heteroatoms. The number of ether oxygens (including phenoxy) is 1. The lowest BCUT2D eigenvalue weighted by atomic mass is 10.0. The Morgan fingerprint density at radius 1 is 1.25 bits per heavy atom. The number of hydrogen-bond donors (Lipinski definition) is 0. The molecule has 24 heavy (non-hydrogen) atoms. The first-order valence-electron chi connectivity index (χ1n) is 8.16. The molecule has 2 rings (SSSR count). The molecule has 1 atom stereocenters. The van der Waals surface area contributed by atoms with Crippen molar-refractivity contribution in [2.45, 2.75) is 46.8 Å². The number of aryl methyl sites for hydroxylation is 1. The molecule has 1 amide bonds. The number of carbonyl (C=O) groups is 1. The molecule has 0 aliphatic rings. The van der Waals surface area contributed by atoms with E-state index in [1.165, 1.54) is 0 Å². The van der Waals surface area contributed by atoms with Crippen LogP contribution in [0, 0.1) is 12.8 Å². The van der Waals surface area contributed by atoms with Gasteiger partial charge in [0.25, 0.3) is 5.91 Å². The number of aromatic nitrogens is 2. The lowest BCUT2D eigenvalue weighted by molar-refractivity contribution is 0.0728. The van der Waals surface area contributed by atoms with Gasteiger partial charge in [0.1, 0.15) is 5.75 Å². The van der Waals surface area contributed by atoms with Crippen molar-refractivity contribution in [1.29, 1.82) is 0 Å². The van der Waals surface area contributed by atoms with Gasteiger partial charge in [0, 0.05) is 25.6 Å². The van der Waals surface area contributed by atoms with Gasteiger partial charge in [-0.05, 0) is 43.5 Å². The molecule has 0 aliphatic carbocycles. The van der Waals surface area contributed by atoms with E-state index in [1.54, 1.807) is 36.1 Å². The number of carbonyl (C=O) groups excluding carboxylic acids is 1. The third kappa shape index (κ3) is 4.81. The van der Waals surface area contributed by atoms with E-state index in [4.69, 9.17) is 9.26 Å². The summed E-state index contributed by atoms with van der Waals surface area (Å²) in [6.07, 6.45) is 0.980. The second kappa shape index (κ2) is 7.95. The normalized spacial score (nSPS) is 12.2. The third-order valence-electron chi connectivity index (χ3n) is 3.83. The van der Waals surface area contributed by atoms with Gasteiger partial charge in [-0.15, -0.1) is 0 Å².